The molecule has 2 atom stereocenters. The summed E-state index contributed by atoms with van der Waals surface area (Å²) in [7, 11) is -3.88. The molecular weight excluding hydrogens is 351 g/mol. The molecule has 0 aromatic heterocycles. The van der Waals surface area contributed by atoms with E-state index >= 15 is 0 Å². The summed E-state index contributed by atoms with van der Waals surface area (Å²) in [6.45, 7) is 2.17. The van der Waals surface area contributed by atoms with Crippen molar-refractivity contribution >= 4 is 22.4 Å². The van der Waals surface area contributed by atoms with Crippen LogP contribution in [0.25, 0.3) is 0 Å². The van der Waals surface area contributed by atoms with Crippen molar-refractivity contribution in [2.45, 2.75) is 23.8 Å². The molecule has 1 saturated heterocycles. The molecule has 0 amide bonds. The molecule has 4 nitrogen and oxygen atoms in total. The van der Waals surface area contributed by atoms with Crippen molar-refractivity contribution < 1.29 is 12.8 Å². The van der Waals surface area contributed by atoms with Crippen LogP contribution in [0.1, 0.15) is 17.0 Å². The van der Waals surface area contributed by atoms with Gasteiger partial charge in [0.15, 0.2) is 0 Å². The lowest BCUT2D eigenvalue weighted by molar-refractivity contribution is 0.463. The van der Waals surface area contributed by atoms with E-state index in [9.17, 15) is 12.8 Å². The van der Waals surface area contributed by atoms with E-state index in [1.165, 1.54) is 16.4 Å². The number of nitrogens with two attached hydrogens (primary N) is 1. The van der Waals surface area contributed by atoms with Crippen molar-refractivity contribution in [2.75, 3.05) is 13.1 Å². The van der Waals surface area contributed by atoms with E-state index in [1.807, 2.05) is 30.3 Å². The topological polar surface area (TPSA) is 63.4 Å². The molecule has 24 heavy (non-hydrogen) atoms. The first-order valence-electron chi connectivity index (χ1n) is 7.46. The zero-order valence-corrected chi connectivity index (χ0v) is 14.9. The fraction of sp³-hybridized carbons (Fsp3) is 0.294. The lowest BCUT2D eigenvalue weighted by atomic mass is 9.95. The van der Waals surface area contributed by atoms with Gasteiger partial charge in [-0.25, -0.2) is 12.8 Å². The lowest BCUT2D eigenvalue weighted by Crippen LogP contribution is -2.32. The molecule has 1 heterocycles. The second-order valence-corrected chi connectivity index (χ2v) is 7.84. The minimum atomic E-state index is -3.88. The first-order chi connectivity index (χ1) is 10.9. The van der Waals surface area contributed by atoms with Crippen LogP contribution < -0.4 is 5.73 Å². The molecular formula is C17H20ClFN2O2S. The van der Waals surface area contributed by atoms with E-state index in [4.69, 9.17) is 5.73 Å². The number of nitrogens with zero attached hydrogens (tertiary/aromatic N) is 1. The second kappa shape index (κ2) is 7.19. The van der Waals surface area contributed by atoms with Gasteiger partial charge in [0.1, 0.15) is 10.7 Å². The van der Waals surface area contributed by atoms with Crippen molar-refractivity contribution in [1.82, 2.24) is 4.31 Å². The Bertz CT molecular complexity index is 815. The fourth-order valence-corrected chi connectivity index (χ4v) is 4.54. The van der Waals surface area contributed by atoms with Crippen molar-refractivity contribution in [1.29, 1.82) is 0 Å². The Morgan fingerprint density at radius 2 is 1.79 bits per heavy atom. The first-order valence-corrected chi connectivity index (χ1v) is 8.90. The van der Waals surface area contributed by atoms with Crippen LogP contribution in [-0.2, 0) is 10.0 Å². The van der Waals surface area contributed by atoms with Crippen LogP contribution in [0, 0.1) is 12.7 Å². The normalized spacial score (nSPS) is 21.5. The highest BCUT2D eigenvalue weighted by Crippen LogP contribution is 2.31. The van der Waals surface area contributed by atoms with Gasteiger partial charge < -0.3 is 5.73 Å². The van der Waals surface area contributed by atoms with Gasteiger partial charge in [-0.3, -0.25) is 0 Å². The summed E-state index contributed by atoms with van der Waals surface area (Å²) < 4.78 is 40.8. The van der Waals surface area contributed by atoms with Crippen LogP contribution in [-0.4, -0.2) is 31.9 Å². The molecule has 0 radical (unpaired) electrons. The quantitative estimate of drug-likeness (QED) is 0.903. The van der Waals surface area contributed by atoms with Gasteiger partial charge in [-0.1, -0.05) is 36.4 Å². The highest BCUT2D eigenvalue weighted by molar-refractivity contribution is 7.89. The molecule has 1 aliphatic rings. The predicted octanol–water partition coefficient (Wildman–Crippen LogP) is 2.67. The van der Waals surface area contributed by atoms with Gasteiger partial charge in [0.25, 0.3) is 0 Å². The highest BCUT2D eigenvalue weighted by Gasteiger charge is 2.39. The van der Waals surface area contributed by atoms with Crippen molar-refractivity contribution in [3.05, 3.63) is 65.5 Å². The minimum absolute atomic E-state index is 0. The third-order valence-corrected chi connectivity index (χ3v) is 6.13. The smallest absolute Gasteiger partial charge is 0.246 e. The average Bonchev–Trinajstić information content (AvgIpc) is 2.90. The Kier molecular flexibility index (Phi) is 5.65. The van der Waals surface area contributed by atoms with Crippen LogP contribution in [0.15, 0.2) is 53.4 Å². The van der Waals surface area contributed by atoms with Crippen molar-refractivity contribution in [2.24, 2.45) is 5.73 Å². The van der Waals surface area contributed by atoms with Crippen molar-refractivity contribution in [3.63, 3.8) is 0 Å². The van der Waals surface area contributed by atoms with Gasteiger partial charge in [-0.05, 0) is 30.2 Å². The molecule has 3 rings (SSSR count). The third-order valence-electron chi connectivity index (χ3n) is 4.26. The molecule has 2 aromatic rings. The molecule has 0 spiro atoms. The number of rotatable bonds is 3. The van der Waals surface area contributed by atoms with Crippen LogP contribution >= 0.6 is 12.4 Å². The summed E-state index contributed by atoms with van der Waals surface area (Å²) in [5, 5.41) is 0. The van der Waals surface area contributed by atoms with E-state index in [1.54, 1.807) is 13.0 Å². The molecule has 1 aliphatic heterocycles. The van der Waals surface area contributed by atoms with Crippen LogP contribution in [0.3, 0.4) is 0 Å². The second-order valence-electron chi connectivity index (χ2n) is 5.94. The zero-order valence-electron chi connectivity index (χ0n) is 13.2. The molecule has 130 valence electrons. The first kappa shape index (κ1) is 18.9. The Morgan fingerprint density at radius 3 is 2.42 bits per heavy atom. The van der Waals surface area contributed by atoms with Gasteiger partial charge in [0.05, 0.1) is 0 Å². The largest absolute Gasteiger partial charge is 0.326 e. The number of halogens is 2. The molecule has 0 saturated carbocycles. The summed E-state index contributed by atoms with van der Waals surface area (Å²) in [5.41, 5.74) is 7.82. The van der Waals surface area contributed by atoms with Crippen LogP contribution in [0.4, 0.5) is 4.39 Å². The number of benzene rings is 2. The monoisotopic (exact) mass is 370 g/mol. The molecule has 7 heteroatoms. The zero-order chi connectivity index (χ0) is 16.6. The molecule has 0 aliphatic carbocycles. The number of aryl methyl sites for hydroxylation is 1. The van der Waals surface area contributed by atoms with Gasteiger partial charge in [-0.2, -0.15) is 4.31 Å². The summed E-state index contributed by atoms with van der Waals surface area (Å²) in [5.74, 6) is -0.804. The Balaban J connectivity index is 0.00000208. The summed E-state index contributed by atoms with van der Waals surface area (Å²) in [6.07, 6.45) is 0. The predicted molar refractivity (Wildman–Crippen MR) is 94.3 cm³/mol. The summed E-state index contributed by atoms with van der Waals surface area (Å²) in [6, 6.07) is 13.4. The van der Waals surface area contributed by atoms with E-state index in [-0.39, 0.29) is 42.4 Å². The number of hydrogen-bond donors (Lipinski definition) is 1. The Labute approximate surface area is 147 Å². The van der Waals surface area contributed by atoms with E-state index in [0.717, 1.165) is 5.56 Å². The highest BCUT2D eigenvalue weighted by atomic mass is 35.5. The van der Waals surface area contributed by atoms with E-state index in [2.05, 4.69) is 0 Å². The maximum atomic E-state index is 14.1. The Morgan fingerprint density at radius 1 is 1.12 bits per heavy atom. The van der Waals surface area contributed by atoms with E-state index in [0.29, 0.717) is 5.56 Å². The average molecular weight is 371 g/mol. The van der Waals surface area contributed by atoms with Gasteiger partial charge >= 0.3 is 0 Å². The molecule has 2 N–H and O–H groups in total. The maximum Gasteiger partial charge on any atom is 0.246 e. The SMILES string of the molecule is Cc1ccc(S(=O)(=O)N2C[C@@H](N)[C@H](c3ccccc3)C2)c(F)c1.Cl. The molecule has 0 bridgehead atoms. The minimum Gasteiger partial charge on any atom is -0.326 e. The molecule has 1 fully saturated rings. The van der Waals surface area contributed by atoms with E-state index < -0.39 is 15.8 Å². The van der Waals surface area contributed by atoms with Crippen molar-refractivity contribution in [3.8, 4) is 0 Å². The van der Waals surface area contributed by atoms with Crippen LogP contribution in [0.5, 0.6) is 0 Å². The molecule has 2 aromatic carbocycles. The van der Waals surface area contributed by atoms with Gasteiger partial charge in [-0.15, -0.1) is 12.4 Å². The molecule has 0 unspecified atom stereocenters. The van der Waals surface area contributed by atoms with Gasteiger partial charge in [0, 0.05) is 25.0 Å². The summed E-state index contributed by atoms with van der Waals surface area (Å²) in [4.78, 5) is -0.288. The van der Waals surface area contributed by atoms with Gasteiger partial charge in [0.2, 0.25) is 10.0 Å². The Hall–Kier alpha value is -1.47. The fourth-order valence-electron chi connectivity index (χ4n) is 2.99. The maximum absolute atomic E-state index is 14.1. The standard InChI is InChI=1S/C17H19FN2O2S.ClH/c1-12-7-8-17(15(18)9-12)23(21,22)20-10-14(16(19)11-20)13-5-3-2-4-6-13;/h2-9,14,16H,10-11,19H2,1H3;1H/t14-,16+;/m0./s1. The number of hydrogen-bond acceptors (Lipinski definition) is 3. The number of sulfonamides is 1. The lowest BCUT2D eigenvalue weighted by Gasteiger charge is -2.17. The summed E-state index contributed by atoms with van der Waals surface area (Å²) >= 11 is 0. The third kappa shape index (κ3) is 3.47. The van der Waals surface area contributed by atoms with Crippen LogP contribution in [0.2, 0.25) is 0 Å².